The van der Waals surface area contributed by atoms with E-state index in [0.29, 0.717) is 5.02 Å². The Hall–Kier alpha value is -0.930. The molecule has 0 amide bonds. The highest BCUT2D eigenvalue weighted by molar-refractivity contribution is 9.10. The number of pyridine rings is 2. The average molecular weight is 269 g/mol. The molecule has 0 fully saturated rings. The van der Waals surface area contributed by atoms with E-state index in [0.717, 1.165) is 15.7 Å². The maximum absolute atomic E-state index is 5.81. The molecule has 2 aromatic heterocycles. The zero-order valence-corrected chi connectivity index (χ0v) is 9.38. The Morgan fingerprint density at radius 1 is 1.29 bits per heavy atom. The first kappa shape index (κ1) is 9.62. The van der Waals surface area contributed by atoms with E-state index in [2.05, 4.69) is 32.1 Å². The number of halogens is 2. The molecular weight excluding hydrogens is 263 g/mol. The third-order valence-corrected chi connectivity index (χ3v) is 2.33. The Morgan fingerprint density at radius 3 is 2.79 bits per heavy atom. The van der Waals surface area contributed by atoms with Crippen molar-refractivity contribution in [1.82, 2.24) is 9.97 Å². The molecule has 2 nitrogen and oxygen atoms in total. The number of nitrogens with zero attached hydrogens (tertiary/aromatic N) is 2. The molecule has 2 aromatic rings. The van der Waals surface area contributed by atoms with Crippen molar-refractivity contribution in [2.75, 3.05) is 0 Å². The molecule has 0 saturated heterocycles. The van der Waals surface area contributed by atoms with Gasteiger partial charge in [0.25, 0.3) is 0 Å². The molecule has 0 bridgehead atoms. The summed E-state index contributed by atoms with van der Waals surface area (Å²) in [4.78, 5) is 8.09. The molecule has 0 aliphatic heterocycles. The van der Waals surface area contributed by atoms with Crippen molar-refractivity contribution in [3.63, 3.8) is 0 Å². The van der Waals surface area contributed by atoms with E-state index in [1.807, 2.05) is 12.1 Å². The topological polar surface area (TPSA) is 25.8 Å². The molecule has 0 spiro atoms. The summed E-state index contributed by atoms with van der Waals surface area (Å²) in [5, 5.41) is 0.587. The van der Waals surface area contributed by atoms with Crippen molar-refractivity contribution in [3.8, 4) is 11.3 Å². The van der Waals surface area contributed by atoms with Gasteiger partial charge in [0.1, 0.15) is 0 Å². The van der Waals surface area contributed by atoms with Gasteiger partial charge in [-0.1, -0.05) is 11.6 Å². The van der Waals surface area contributed by atoms with Crippen LogP contribution < -0.4 is 0 Å². The van der Waals surface area contributed by atoms with Gasteiger partial charge in [-0.25, -0.2) is 0 Å². The highest BCUT2D eigenvalue weighted by atomic mass is 79.9. The lowest BCUT2D eigenvalue weighted by atomic mass is 10.2. The van der Waals surface area contributed by atoms with Crippen molar-refractivity contribution in [2.24, 2.45) is 0 Å². The van der Waals surface area contributed by atoms with E-state index in [1.54, 1.807) is 18.5 Å². The van der Waals surface area contributed by atoms with Gasteiger partial charge in [0.05, 0.1) is 16.9 Å². The summed E-state index contributed by atoms with van der Waals surface area (Å²) >= 11 is 9.12. The van der Waals surface area contributed by atoms with Gasteiger partial charge in [0.2, 0.25) is 0 Å². The first-order valence-corrected chi connectivity index (χ1v) is 5.08. The largest absolute Gasteiger partial charge is 0.255 e. The molecule has 0 aliphatic carbocycles. The van der Waals surface area contributed by atoms with Crippen LogP contribution in [0.1, 0.15) is 0 Å². The van der Waals surface area contributed by atoms with Gasteiger partial charge in [-0.05, 0) is 34.1 Å². The summed E-state index contributed by atoms with van der Waals surface area (Å²) in [6, 6.07) is 5.58. The Kier molecular flexibility index (Phi) is 2.79. The van der Waals surface area contributed by atoms with Gasteiger partial charge >= 0.3 is 0 Å². The van der Waals surface area contributed by atoms with E-state index in [9.17, 15) is 0 Å². The summed E-state index contributed by atoms with van der Waals surface area (Å²) in [7, 11) is 0. The fraction of sp³-hybridized carbons (Fsp3) is 0. The second-order valence-electron chi connectivity index (χ2n) is 2.67. The SMILES string of the molecule is Clc1cn[c]c(-c2ccc(Br)cn2)c1. The van der Waals surface area contributed by atoms with Crippen LogP contribution in [0, 0.1) is 6.20 Å². The van der Waals surface area contributed by atoms with Crippen LogP contribution in [-0.2, 0) is 0 Å². The van der Waals surface area contributed by atoms with Gasteiger partial charge in [-0.3, -0.25) is 9.97 Å². The number of rotatable bonds is 1. The summed E-state index contributed by atoms with van der Waals surface area (Å²) in [6.45, 7) is 0. The quantitative estimate of drug-likeness (QED) is 0.792. The van der Waals surface area contributed by atoms with E-state index in [4.69, 9.17) is 11.6 Å². The minimum absolute atomic E-state index is 0.587. The van der Waals surface area contributed by atoms with Crippen molar-refractivity contribution in [1.29, 1.82) is 0 Å². The summed E-state index contributed by atoms with van der Waals surface area (Å²) in [6.07, 6.45) is 6.10. The van der Waals surface area contributed by atoms with Gasteiger partial charge < -0.3 is 0 Å². The minimum Gasteiger partial charge on any atom is -0.255 e. The second-order valence-corrected chi connectivity index (χ2v) is 4.03. The molecule has 0 aliphatic rings. The normalized spacial score (nSPS) is 10.1. The fourth-order valence-corrected chi connectivity index (χ4v) is 1.43. The molecule has 2 heterocycles. The lowest BCUT2D eigenvalue weighted by Gasteiger charge is -1.99. The summed E-state index contributed by atoms with van der Waals surface area (Å²) < 4.78 is 0.941. The molecule has 14 heavy (non-hydrogen) atoms. The molecule has 2 rings (SSSR count). The smallest absolute Gasteiger partial charge is 0.0988 e. The van der Waals surface area contributed by atoms with Crippen molar-refractivity contribution in [3.05, 3.63) is 46.3 Å². The molecule has 0 unspecified atom stereocenters. The molecule has 1 radical (unpaired) electrons. The van der Waals surface area contributed by atoms with Gasteiger partial charge in [0, 0.05) is 22.4 Å². The second kappa shape index (κ2) is 4.07. The number of aromatic nitrogens is 2. The van der Waals surface area contributed by atoms with Crippen LogP contribution in [-0.4, -0.2) is 9.97 Å². The first-order chi connectivity index (χ1) is 6.75. The predicted molar refractivity (Wildman–Crippen MR) is 59.0 cm³/mol. The average Bonchev–Trinajstić information content (AvgIpc) is 2.19. The first-order valence-electron chi connectivity index (χ1n) is 3.91. The molecule has 0 saturated carbocycles. The zero-order valence-electron chi connectivity index (χ0n) is 7.04. The van der Waals surface area contributed by atoms with E-state index in [1.165, 1.54) is 0 Å². The van der Waals surface area contributed by atoms with Crippen molar-refractivity contribution >= 4 is 27.5 Å². The lowest BCUT2D eigenvalue weighted by Crippen LogP contribution is -1.84. The zero-order chi connectivity index (χ0) is 9.97. The van der Waals surface area contributed by atoms with Crippen LogP contribution in [0.15, 0.2) is 35.1 Å². The van der Waals surface area contributed by atoms with Crippen LogP contribution in [0.4, 0.5) is 0 Å². The summed E-state index contributed by atoms with van der Waals surface area (Å²) in [5.74, 6) is 0. The van der Waals surface area contributed by atoms with Gasteiger partial charge in [0.15, 0.2) is 0 Å². The van der Waals surface area contributed by atoms with Crippen LogP contribution in [0.5, 0.6) is 0 Å². The van der Waals surface area contributed by atoms with Crippen LogP contribution in [0.2, 0.25) is 5.02 Å². The van der Waals surface area contributed by atoms with Gasteiger partial charge in [-0.2, -0.15) is 0 Å². The van der Waals surface area contributed by atoms with Crippen molar-refractivity contribution in [2.45, 2.75) is 0 Å². The maximum Gasteiger partial charge on any atom is 0.0988 e. The molecule has 69 valence electrons. The maximum atomic E-state index is 5.81. The molecule has 0 aromatic carbocycles. The summed E-state index contributed by atoms with van der Waals surface area (Å²) in [5.41, 5.74) is 1.60. The van der Waals surface area contributed by atoms with Crippen LogP contribution in [0.25, 0.3) is 11.3 Å². The molecule has 4 heteroatoms. The van der Waals surface area contributed by atoms with Crippen LogP contribution >= 0.6 is 27.5 Å². The number of hydrogen-bond acceptors (Lipinski definition) is 2. The van der Waals surface area contributed by atoms with Crippen LogP contribution in [0.3, 0.4) is 0 Å². The third-order valence-electron chi connectivity index (χ3n) is 1.66. The molecule has 0 atom stereocenters. The van der Waals surface area contributed by atoms with Gasteiger partial charge in [-0.15, -0.1) is 0 Å². The minimum atomic E-state index is 0.587. The highest BCUT2D eigenvalue weighted by Crippen LogP contribution is 2.20. The van der Waals surface area contributed by atoms with Crippen molar-refractivity contribution < 1.29 is 0 Å². The number of hydrogen-bond donors (Lipinski definition) is 0. The van der Waals surface area contributed by atoms with E-state index >= 15 is 0 Å². The Bertz CT molecular complexity index is 442. The van der Waals surface area contributed by atoms with E-state index in [-0.39, 0.29) is 0 Å². The fourth-order valence-electron chi connectivity index (χ4n) is 1.04. The monoisotopic (exact) mass is 267 g/mol. The third kappa shape index (κ3) is 2.11. The predicted octanol–water partition coefficient (Wildman–Crippen LogP) is 3.36. The lowest BCUT2D eigenvalue weighted by molar-refractivity contribution is 1.26. The standard InChI is InChI=1S/C10H5BrClN2/c11-8-1-2-10(14-5-8)7-3-9(12)6-13-4-7/h1-3,5-6H. The Balaban J connectivity index is 2.44. The molecule has 0 N–H and O–H groups in total. The van der Waals surface area contributed by atoms with E-state index < -0.39 is 0 Å². The Labute approximate surface area is 95.1 Å². The Morgan fingerprint density at radius 2 is 2.14 bits per heavy atom. The molecular formula is C10H5BrClN2. The highest BCUT2D eigenvalue weighted by Gasteiger charge is 2.00.